The zero-order valence-electron chi connectivity index (χ0n) is 8.80. The third kappa shape index (κ3) is 3.88. The van der Waals surface area contributed by atoms with Gasteiger partial charge in [-0.05, 0) is 5.25 Å². The summed E-state index contributed by atoms with van der Waals surface area (Å²) in [5.41, 5.74) is 2.25. The second kappa shape index (κ2) is 5.72. The van der Waals surface area contributed by atoms with Crippen LogP contribution in [-0.2, 0) is 6.54 Å². The molecule has 0 radical (unpaired) electrons. The Labute approximate surface area is 92.6 Å². The molecule has 0 aliphatic carbocycles. The number of rotatable bonds is 5. The molecule has 7 heteroatoms. The number of hydrazine groups is 1. The van der Waals surface area contributed by atoms with Gasteiger partial charge >= 0.3 is 0 Å². The number of nitrogens with zero attached hydrogens (tertiary/aromatic N) is 3. The predicted octanol–water partition coefficient (Wildman–Crippen LogP) is 0.0232. The first-order chi connectivity index (χ1) is 7.13. The molecule has 84 valence electrons. The van der Waals surface area contributed by atoms with Crippen molar-refractivity contribution >= 4 is 17.7 Å². The minimum Gasteiger partial charge on any atom is -0.289 e. The molecule has 0 bridgehead atoms. The van der Waals surface area contributed by atoms with Crippen molar-refractivity contribution in [2.45, 2.75) is 25.6 Å². The lowest BCUT2D eigenvalue weighted by Gasteiger charge is -2.03. The van der Waals surface area contributed by atoms with Crippen molar-refractivity contribution in [1.82, 2.24) is 20.4 Å². The van der Waals surface area contributed by atoms with Crippen LogP contribution in [0, 0.1) is 0 Å². The molecule has 0 atom stereocenters. The largest absolute Gasteiger partial charge is 0.289 e. The van der Waals surface area contributed by atoms with Crippen LogP contribution in [0.4, 0.5) is 0 Å². The van der Waals surface area contributed by atoms with Gasteiger partial charge in [-0.25, -0.2) is 5.84 Å². The average Bonchev–Trinajstić information content (AvgIpc) is 2.65. The first-order valence-electron chi connectivity index (χ1n) is 4.66. The molecule has 0 spiro atoms. The van der Waals surface area contributed by atoms with E-state index in [0.717, 1.165) is 12.3 Å². The molecule has 0 aliphatic heterocycles. The molecule has 1 rings (SSSR count). The molecule has 1 amide bonds. The Kier molecular flexibility index (Phi) is 4.57. The van der Waals surface area contributed by atoms with Gasteiger partial charge in [0, 0.05) is 5.75 Å². The number of nitrogens with two attached hydrogens (primary N) is 1. The fourth-order valence-electron chi connectivity index (χ4n) is 0.968. The van der Waals surface area contributed by atoms with Crippen LogP contribution < -0.4 is 11.3 Å². The Bertz CT molecular complexity index is 325. The summed E-state index contributed by atoms with van der Waals surface area (Å²) < 4.78 is 1.64. The third-order valence-corrected chi connectivity index (χ3v) is 2.76. The number of aryl methyl sites for hydroxylation is 1. The van der Waals surface area contributed by atoms with Gasteiger partial charge in [0.15, 0.2) is 5.69 Å². The molecular weight excluding hydrogens is 214 g/mol. The summed E-state index contributed by atoms with van der Waals surface area (Å²) in [6, 6.07) is 0. The summed E-state index contributed by atoms with van der Waals surface area (Å²) >= 11 is 1.84. The molecule has 1 heterocycles. The zero-order valence-corrected chi connectivity index (χ0v) is 9.62. The Morgan fingerprint density at radius 3 is 3.07 bits per heavy atom. The van der Waals surface area contributed by atoms with Crippen molar-refractivity contribution in [2.24, 2.45) is 5.84 Å². The van der Waals surface area contributed by atoms with E-state index in [1.54, 1.807) is 10.9 Å². The number of carbonyl (C=O) groups is 1. The van der Waals surface area contributed by atoms with Gasteiger partial charge in [0.05, 0.1) is 12.7 Å². The molecule has 0 saturated carbocycles. The van der Waals surface area contributed by atoms with E-state index in [2.05, 4.69) is 24.2 Å². The number of thioether (sulfide) groups is 1. The quantitative estimate of drug-likeness (QED) is 0.422. The van der Waals surface area contributed by atoms with Crippen molar-refractivity contribution in [3.8, 4) is 0 Å². The van der Waals surface area contributed by atoms with Crippen LogP contribution in [0.2, 0.25) is 0 Å². The van der Waals surface area contributed by atoms with E-state index >= 15 is 0 Å². The van der Waals surface area contributed by atoms with E-state index in [1.165, 1.54) is 0 Å². The van der Waals surface area contributed by atoms with Gasteiger partial charge < -0.3 is 0 Å². The molecule has 0 aromatic carbocycles. The predicted molar refractivity (Wildman–Crippen MR) is 59.3 cm³/mol. The number of hydrogen-bond donors (Lipinski definition) is 2. The van der Waals surface area contributed by atoms with Crippen LogP contribution in [0.1, 0.15) is 24.3 Å². The first kappa shape index (κ1) is 12.0. The van der Waals surface area contributed by atoms with Crippen molar-refractivity contribution in [1.29, 1.82) is 0 Å². The number of aromatic nitrogens is 3. The number of amides is 1. The van der Waals surface area contributed by atoms with E-state index in [4.69, 9.17) is 5.84 Å². The van der Waals surface area contributed by atoms with Gasteiger partial charge in [-0.2, -0.15) is 11.8 Å². The highest BCUT2D eigenvalue weighted by molar-refractivity contribution is 7.99. The highest BCUT2D eigenvalue weighted by Crippen LogP contribution is 2.08. The van der Waals surface area contributed by atoms with Crippen LogP contribution in [0.3, 0.4) is 0 Å². The van der Waals surface area contributed by atoms with Crippen molar-refractivity contribution < 1.29 is 4.79 Å². The van der Waals surface area contributed by atoms with Gasteiger partial charge in [0.1, 0.15) is 0 Å². The number of nitrogen functional groups attached to an aromatic ring is 1. The average molecular weight is 229 g/mol. The topological polar surface area (TPSA) is 85.8 Å². The number of hydrogen-bond acceptors (Lipinski definition) is 5. The van der Waals surface area contributed by atoms with Crippen LogP contribution >= 0.6 is 11.8 Å². The smallest absolute Gasteiger partial charge is 0.287 e. The first-order valence-corrected chi connectivity index (χ1v) is 5.71. The highest BCUT2D eigenvalue weighted by Gasteiger charge is 2.08. The fourth-order valence-corrected chi connectivity index (χ4v) is 1.73. The molecule has 15 heavy (non-hydrogen) atoms. The Hall–Kier alpha value is -1.08. The maximum Gasteiger partial charge on any atom is 0.287 e. The normalized spacial score (nSPS) is 10.7. The van der Waals surface area contributed by atoms with Crippen LogP contribution in [-0.4, -0.2) is 31.9 Å². The van der Waals surface area contributed by atoms with Crippen LogP contribution in [0.5, 0.6) is 0 Å². The monoisotopic (exact) mass is 229 g/mol. The molecule has 0 fully saturated rings. The Balaban J connectivity index is 2.43. The molecular formula is C8H15N5OS. The fraction of sp³-hybridized carbons (Fsp3) is 0.625. The maximum absolute atomic E-state index is 11.1. The van der Waals surface area contributed by atoms with E-state index in [-0.39, 0.29) is 5.69 Å². The number of carbonyl (C=O) groups excluding carboxylic acids is 1. The summed E-state index contributed by atoms with van der Waals surface area (Å²) in [5.74, 6) is 5.50. The van der Waals surface area contributed by atoms with Gasteiger partial charge in [0.2, 0.25) is 0 Å². The molecule has 0 saturated heterocycles. The molecule has 3 N–H and O–H groups in total. The summed E-state index contributed by atoms with van der Waals surface area (Å²) in [6.45, 7) is 5.02. The summed E-state index contributed by atoms with van der Waals surface area (Å²) in [7, 11) is 0. The summed E-state index contributed by atoms with van der Waals surface area (Å²) in [6.07, 6.45) is 1.59. The standard InChI is InChI=1S/C8H15N5OS/c1-6(2)15-4-3-13-5-7(11-12-13)8(14)10-9/h5-6H,3-4,9H2,1-2H3,(H,10,14). The van der Waals surface area contributed by atoms with E-state index in [0.29, 0.717) is 5.25 Å². The highest BCUT2D eigenvalue weighted by atomic mass is 32.2. The minimum atomic E-state index is -0.419. The van der Waals surface area contributed by atoms with Crippen molar-refractivity contribution in [2.75, 3.05) is 5.75 Å². The third-order valence-electron chi connectivity index (χ3n) is 1.67. The van der Waals surface area contributed by atoms with Gasteiger partial charge in [0.25, 0.3) is 5.91 Å². The van der Waals surface area contributed by atoms with Crippen molar-refractivity contribution in [3.63, 3.8) is 0 Å². The second-order valence-corrected chi connectivity index (χ2v) is 4.94. The second-order valence-electron chi connectivity index (χ2n) is 3.26. The van der Waals surface area contributed by atoms with Crippen LogP contribution in [0.25, 0.3) is 0 Å². The van der Waals surface area contributed by atoms with Gasteiger partial charge in [-0.3, -0.25) is 14.9 Å². The zero-order chi connectivity index (χ0) is 11.3. The van der Waals surface area contributed by atoms with E-state index < -0.39 is 5.91 Å². The van der Waals surface area contributed by atoms with Gasteiger partial charge in [-0.1, -0.05) is 19.1 Å². The van der Waals surface area contributed by atoms with Crippen LogP contribution in [0.15, 0.2) is 6.20 Å². The molecule has 6 nitrogen and oxygen atoms in total. The summed E-state index contributed by atoms with van der Waals surface area (Å²) in [4.78, 5) is 11.1. The lowest BCUT2D eigenvalue weighted by Crippen LogP contribution is -2.30. The Morgan fingerprint density at radius 1 is 1.73 bits per heavy atom. The summed E-state index contributed by atoms with van der Waals surface area (Å²) in [5, 5.41) is 8.11. The number of nitrogens with one attached hydrogen (secondary N) is 1. The molecule has 0 aliphatic rings. The molecule has 1 aromatic rings. The molecule has 0 unspecified atom stereocenters. The van der Waals surface area contributed by atoms with Gasteiger partial charge in [-0.15, -0.1) is 5.10 Å². The lowest BCUT2D eigenvalue weighted by molar-refractivity contribution is 0.0948. The van der Waals surface area contributed by atoms with E-state index in [9.17, 15) is 4.79 Å². The maximum atomic E-state index is 11.1. The Morgan fingerprint density at radius 2 is 2.47 bits per heavy atom. The lowest BCUT2D eigenvalue weighted by atomic mass is 10.5. The van der Waals surface area contributed by atoms with E-state index in [1.807, 2.05) is 17.2 Å². The SMILES string of the molecule is CC(C)SCCn1cc(C(=O)NN)nn1. The van der Waals surface area contributed by atoms with Crippen molar-refractivity contribution in [3.05, 3.63) is 11.9 Å². The minimum absolute atomic E-state index is 0.243. The molecule has 1 aromatic heterocycles.